The van der Waals surface area contributed by atoms with Crippen LogP contribution in [-0.4, -0.2) is 40.2 Å². The molecule has 1 saturated heterocycles. The van der Waals surface area contributed by atoms with Gasteiger partial charge in [-0.2, -0.15) is 0 Å². The van der Waals surface area contributed by atoms with E-state index in [0.29, 0.717) is 6.04 Å². The van der Waals surface area contributed by atoms with E-state index in [1.165, 1.54) is 31.4 Å². The molecule has 3 heteroatoms. The quantitative estimate of drug-likeness (QED) is 0.868. The molecule has 0 radical (unpaired) electrons. The number of pyridine rings is 1. The minimum Gasteiger partial charge on any atom is -0.393 e. The lowest BCUT2D eigenvalue weighted by Crippen LogP contribution is -2.42. The van der Waals surface area contributed by atoms with Crippen molar-refractivity contribution in [3.8, 4) is 0 Å². The van der Waals surface area contributed by atoms with Crippen molar-refractivity contribution in [3.05, 3.63) is 30.1 Å². The van der Waals surface area contributed by atoms with Crippen molar-refractivity contribution in [1.82, 2.24) is 9.88 Å². The lowest BCUT2D eigenvalue weighted by atomic mass is 9.96. The van der Waals surface area contributed by atoms with Gasteiger partial charge in [-0.15, -0.1) is 0 Å². The van der Waals surface area contributed by atoms with Crippen LogP contribution in [0.3, 0.4) is 0 Å². The summed E-state index contributed by atoms with van der Waals surface area (Å²) >= 11 is 0. The molecule has 2 atom stereocenters. The highest BCUT2D eigenvalue weighted by Gasteiger charge is 2.22. The minimum atomic E-state index is -0.184. The number of rotatable bonds is 5. The first-order valence-corrected chi connectivity index (χ1v) is 7.06. The lowest BCUT2D eigenvalue weighted by Gasteiger charge is -2.36. The Kier molecular flexibility index (Phi) is 5.14. The van der Waals surface area contributed by atoms with Crippen molar-refractivity contribution in [2.24, 2.45) is 0 Å². The topological polar surface area (TPSA) is 36.4 Å². The number of hydrogen-bond donors (Lipinski definition) is 1. The molecule has 0 bridgehead atoms. The molecule has 3 nitrogen and oxygen atoms in total. The Balaban J connectivity index is 1.85. The monoisotopic (exact) mass is 248 g/mol. The predicted octanol–water partition coefficient (Wildman–Crippen LogP) is 2.25. The predicted molar refractivity (Wildman–Crippen MR) is 73.5 cm³/mol. The van der Waals surface area contributed by atoms with E-state index in [-0.39, 0.29) is 6.10 Å². The van der Waals surface area contributed by atoms with Crippen molar-refractivity contribution < 1.29 is 5.11 Å². The molecular formula is C15H24N2O. The third-order valence-corrected chi connectivity index (χ3v) is 3.80. The Hall–Kier alpha value is -0.930. The van der Waals surface area contributed by atoms with Gasteiger partial charge in [0.1, 0.15) is 0 Å². The van der Waals surface area contributed by atoms with Gasteiger partial charge in [-0.3, -0.25) is 9.88 Å². The maximum Gasteiger partial charge on any atom is 0.0527 e. The van der Waals surface area contributed by atoms with E-state index in [9.17, 15) is 5.11 Å². The minimum absolute atomic E-state index is 0.184. The number of aliphatic hydroxyl groups excluding tert-OH is 1. The van der Waals surface area contributed by atoms with Gasteiger partial charge in [-0.1, -0.05) is 6.42 Å². The highest BCUT2D eigenvalue weighted by Crippen LogP contribution is 2.21. The number of nitrogens with zero attached hydrogens (tertiary/aromatic N) is 2. The van der Waals surface area contributed by atoms with Crippen LogP contribution < -0.4 is 0 Å². The highest BCUT2D eigenvalue weighted by molar-refractivity contribution is 5.10. The SMILES string of the molecule is CC(O)CC1CCCCN1CCc1ccncc1. The van der Waals surface area contributed by atoms with Gasteiger partial charge < -0.3 is 5.11 Å². The first-order chi connectivity index (χ1) is 8.75. The molecule has 100 valence electrons. The summed E-state index contributed by atoms with van der Waals surface area (Å²) in [6.07, 6.45) is 9.38. The molecule has 0 aliphatic carbocycles. The van der Waals surface area contributed by atoms with Crippen LogP contribution in [0.1, 0.15) is 38.2 Å². The van der Waals surface area contributed by atoms with Gasteiger partial charge in [0.15, 0.2) is 0 Å². The molecule has 0 spiro atoms. The fourth-order valence-electron chi connectivity index (χ4n) is 2.84. The molecule has 1 fully saturated rings. The van der Waals surface area contributed by atoms with E-state index in [4.69, 9.17) is 0 Å². The van der Waals surface area contributed by atoms with Gasteiger partial charge in [-0.05, 0) is 56.8 Å². The standard InChI is InChI=1S/C15H24N2O/c1-13(18)12-15-4-2-3-10-17(15)11-7-14-5-8-16-9-6-14/h5-6,8-9,13,15,18H,2-4,7,10-12H2,1H3. The lowest BCUT2D eigenvalue weighted by molar-refractivity contribution is 0.0877. The molecular weight excluding hydrogens is 224 g/mol. The van der Waals surface area contributed by atoms with Crippen LogP contribution in [0, 0.1) is 0 Å². The normalized spacial score (nSPS) is 22.9. The zero-order valence-electron chi connectivity index (χ0n) is 11.3. The van der Waals surface area contributed by atoms with Gasteiger partial charge in [0, 0.05) is 25.0 Å². The van der Waals surface area contributed by atoms with Crippen LogP contribution >= 0.6 is 0 Å². The number of aromatic nitrogens is 1. The molecule has 1 aromatic heterocycles. The van der Waals surface area contributed by atoms with Crippen LogP contribution in [-0.2, 0) is 6.42 Å². The molecule has 1 N–H and O–H groups in total. The number of hydrogen-bond acceptors (Lipinski definition) is 3. The average Bonchev–Trinajstić information content (AvgIpc) is 2.38. The molecule has 0 amide bonds. The van der Waals surface area contributed by atoms with Crippen LogP contribution in [0.15, 0.2) is 24.5 Å². The second kappa shape index (κ2) is 6.86. The Labute approximate surface area is 110 Å². The molecule has 0 saturated carbocycles. The Bertz CT molecular complexity index is 340. The Morgan fingerprint density at radius 3 is 2.89 bits per heavy atom. The fourth-order valence-corrected chi connectivity index (χ4v) is 2.84. The van der Waals surface area contributed by atoms with E-state index in [0.717, 1.165) is 19.4 Å². The van der Waals surface area contributed by atoms with Gasteiger partial charge in [0.2, 0.25) is 0 Å². The molecule has 2 rings (SSSR count). The summed E-state index contributed by atoms with van der Waals surface area (Å²) < 4.78 is 0. The summed E-state index contributed by atoms with van der Waals surface area (Å²) in [5.41, 5.74) is 1.35. The second-order valence-electron chi connectivity index (χ2n) is 5.38. The fraction of sp³-hybridized carbons (Fsp3) is 0.667. The molecule has 2 heterocycles. The van der Waals surface area contributed by atoms with Crippen molar-refractivity contribution in [1.29, 1.82) is 0 Å². The van der Waals surface area contributed by atoms with Crippen LogP contribution in [0.5, 0.6) is 0 Å². The molecule has 2 unspecified atom stereocenters. The molecule has 1 aromatic rings. The third kappa shape index (κ3) is 4.07. The second-order valence-corrected chi connectivity index (χ2v) is 5.38. The van der Waals surface area contributed by atoms with Gasteiger partial charge in [0.05, 0.1) is 6.10 Å². The van der Waals surface area contributed by atoms with Crippen LogP contribution in [0.25, 0.3) is 0 Å². The average molecular weight is 248 g/mol. The molecule has 0 aromatic carbocycles. The van der Waals surface area contributed by atoms with E-state index >= 15 is 0 Å². The molecule has 1 aliphatic heterocycles. The summed E-state index contributed by atoms with van der Waals surface area (Å²) in [5.74, 6) is 0. The molecule has 18 heavy (non-hydrogen) atoms. The number of piperidine rings is 1. The van der Waals surface area contributed by atoms with Gasteiger partial charge >= 0.3 is 0 Å². The van der Waals surface area contributed by atoms with Crippen LogP contribution in [0.2, 0.25) is 0 Å². The van der Waals surface area contributed by atoms with E-state index in [1.807, 2.05) is 19.3 Å². The largest absolute Gasteiger partial charge is 0.393 e. The summed E-state index contributed by atoms with van der Waals surface area (Å²) in [6, 6.07) is 4.75. The number of likely N-dealkylation sites (tertiary alicyclic amines) is 1. The van der Waals surface area contributed by atoms with E-state index in [2.05, 4.69) is 22.0 Å². The summed E-state index contributed by atoms with van der Waals surface area (Å²) in [7, 11) is 0. The summed E-state index contributed by atoms with van der Waals surface area (Å²) in [6.45, 7) is 4.18. The first kappa shape index (κ1) is 13.5. The summed E-state index contributed by atoms with van der Waals surface area (Å²) in [4.78, 5) is 6.60. The van der Waals surface area contributed by atoms with Crippen molar-refractivity contribution >= 4 is 0 Å². The van der Waals surface area contributed by atoms with E-state index in [1.54, 1.807) is 0 Å². The zero-order chi connectivity index (χ0) is 12.8. The van der Waals surface area contributed by atoms with Crippen molar-refractivity contribution in [3.63, 3.8) is 0 Å². The van der Waals surface area contributed by atoms with Crippen molar-refractivity contribution in [2.75, 3.05) is 13.1 Å². The van der Waals surface area contributed by atoms with Gasteiger partial charge in [-0.25, -0.2) is 0 Å². The maximum absolute atomic E-state index is 9.57. The first-order valence-electron chi connectivity index (χ1n) is 7.06. The van der Waals surface area contributed by atoms with E-state index < -0.39 is 0 Å². The smallest absolute Gasteiger partial charge is 0.0527 e. The zero-order valence-corrected chi connectivity index (χ0v) is 11.3. The Morgan fingerprint density at radius 2 is 2.17 bits per heavy atom. The Morgan fingerprint density at radius 1 is 1.39 bits per heavy atom. The highest BCUT2D eigenvalue weighted by atomic mass is 16.3. The van der Waals surface area contributed by atoms with Crippen LogP contribution in [0.4, 0.5) is 0 Å². The third-order valence-electron chi connectivity index (χ3n) is 3.80. The number of aliphatic hydroxyl groups is 1. The van der Waals surface area contributed by atoms with Crippen molar-refractivity contribution in [2.45, 2.75) is 51.2 Å². The van der Waals surface area contributed by atoms with Gasteiger partial charge in [0.25, 0.3) is 0 Å². The summed E-state index contributed by atoms with van der Waals surface area (Å²) in [5, 5.41) is 9.57. The maximum atomic E-state index is 9.57. The molecule has 1 aliphatic rings.